The minimum atomic E-state index is -0.442. The summed E-state index contributed by atoms with van der Waals surface area (Å²) in [5, 5.41) is 3.09. The molecule has 26 heavy (non-hydrogen) atoms. The van der Waals surface area contributed by atoms with Crippen LogP contribution in [0.5, 0.6) is 5.75 Å². The van der Waals surface area contributed by atoms with Gasteiger partial charge in [-0.25, -0.2) is 9.59 Å². The van der Waals surface area contributed by atoms with E-state index in [4.69, 9.17) is 9.47 Å². The molecule has 0 saturated carbocycles. The van der Waals surface area contributed by atoms with Gasteiger partial charge in [0.1, 0.15) is 12.1 Å². The highest BCUT2D eigenvalue weighted by molar-refractivity contribution is 5.83. The fourth-order valence-electron chi connectivity index (χ4n) is 3.39. The first-order valence-electron chi connectivity index (χ1n) is 9.35. The Balaban J connectivity index is 1.45. The van der Waals surface area contributed by atoms with E-state index in [-0.39, 0.29) is 18.6 Å². The predicted molar refractivity (Wildman–Crippen MR) is 99.4 cm³/mol. The van der Waals surface area contributed by atoms with E-state index in [1.807, 2.05) is 37.8 Å². The standard InChI is InChI=1S/C20H28N2O4/c1-20(2,3)26-19(24)22-10-8-14(9-11-22)4-5-15-6-7-17-16(12-15)21-13-18(23)25-17/h6-7,12,14,21H,4-5,8-11,13H2,1-3H3. The Hall–Kier alpha value is -2.24. The number of fused-ring (bicyclic) bond motifs is 1. The molecule has 3 rings (SSSR count). The van der Waals surface area contributed by atoms with Crippen LogP contribution in [0.3, 0.4) is 0 Å². The first-order valence-corrected chi connectivity index (χ1v) is 9.35. The van der Waals surface area contributed by atoms with Crippen molar-refractivity contribution in [3.8, 4) is 5.75 Å². The lowest BCUT2D eigenvalue weighted by Gasteiger charge is -2.33. The van der Waals surface area contributed by atoms with Gasteiger partial charge in [0.2, 0.25) is 0 Å². The molecule has 1 N–H and O–H groups in total. The Morgan fingerprint density at radius 3 is 2.73 bits per heavy atom. The SMILES string of the molecule is CC(C)(C)OC(=O)N1CCC(CCc2ccc3c(c2)NCC(=O)O3)CC1. The second-order valence-electron chi connectivity index (χ2n) is 8.11. The van der Waals surface area contributed by atoms with Gasteiger partial charge in [0.15, 0.2) is 5.75 Å². The van der Waals surface area contributed by atoms with E-state index in [0.717, 1.165) is 44.5 Å². The Morgan fingerprint density at radius 2 is 2.04 bits per heavy atom. The molecule has 0 radical (unpaired) electrons. The van der Waals surface area contributed by atoms with Crippen molar-refractivity contribution < 1.29 is 19.1 Å². The maximum atomic E-state index is 12.1. The third kappa shape index (κ3) is 4.90. The summed E-state index contributed by atoms with van der Waals surface area (Å²) < 4.78 is 10.6. The number of carbonyl (C=O) groups is 2. The van der Waals surface area contributed by atoms with Crippen LogP contribution < -0.4 is 10.1 Å². The molecule has 2 aliphatic heterocycles. The lowest BCUT2D eigenvalue weighted by atomic mass is 9.90. The predicted octanol–water partition coefficient (Wildman–Crippen LogP) is 3.60. The number of carbonyl (C=O) groups excluding carboxylic acids is 2. The molecular formula is C20H28N2O4. The molecule has 2 heterocycles. The number of nitrogens with one attached hydrogen (secondary N) is 1. The number of hydrogen-bond acceptors (Lipinski definition) is 5. The van der Waals surface area contributed by atoms with Gasteiger partial charge >= 0.3 is 12.1 Å². The average Bonchev–Trinajstić information content (AvgIpc) is 2.59. The van der Waals surface area contributed by atoms with Crippen LogP contribution >= 0.6 is 0 Å². The number of amides is 1. The van der Waals surface area contributed by atoms with Gasteiger partial charge in [0, 0.05) is 13.1 Å². The van der Waals surface area contributed by atoms with E-state index in [9.17, 15) is 9.59 Å². The van der Waals surface area contributed by atoms with Crippen molar-refractivity contribution in [3.05, 3.63) is 23.8 Å². The number of ether oxygens (including phenoxy) is 2. The molecule has 2 aliphatic rings. The highest BCUT2D eigenvalue weighted by atomic mass is 16.6. The summed E-state index contributed by atoms with van der Waals surface area (Å²) in [6.07, 6.45) is 3.91. The second-order valence-corrected chi connectivity index (χ2v) is 8.11. The molecule has 1 aromatic carbocycles. The van der Waals surface area contributed by atoms with Gasteiger partial charge < -0.3 is 19.7 Å². The largest absolute Gasteiger partial charge is 0.444 e. The van der Waals surface area contributed by atoms with Crippen molar-refractivity contribution in [1.82, 2.24) is 4.90 Å². The molecule has 1 fully saturated rings. The van der Waals surface area contributed by atoms with E-state index < -0.39 is 5.60 Å². The second kappa shape index (κ2) is 7.56. The molecule has 1 aromatic rings. The molecule has 0 spiro atoms. The average molecular weight is 360 g/mol. The Labute approximate surface area is 154 Å². The van der Waals surface area contributed by atoms with Crippen molar-refractivity contribution in [2.24, 2.45) is 5.92 Å². The van der Waals surface area contributed by atoms with Crippen LogP contribution in [-0.2, 0) is 16.0 Å². The molecule has 0 bridgehead atoms. The number of rotatable bonds is 3. The van der Waals surface area contributed by atoms with Crippen LogP contribution in [0.4, 0.5) is 10.5 Å². The summed E-state index contributed by atoms with van der Waals surface area (Å²) in [5.74, 6) is 0.980. The normalized spacial score (nSPS) is 18.0. The van der Waals surface area contributed by atoms with Crippen LogP contribution in [0.25, 0.3) is 0 Å². The number of benzene rings is 1. The zero-order chi connectivity index (χ0) is 18.7. The minimum Gasteiger partial charge on any atom is -0.444 e. The Bertz CT molecular complexity index is 673. The number of anilines is 1. The summed E-state index contributed by atoms with van der Waals surface area (Å²) in [4.78, 5) is 25.2. The van der Waals surface area contributed by atoms with Crippen molar-refractivity contribution in [2.75, 3.05) is 25.0 Å². The van der Waals surface area contributed by atoms with Crippen LogP contribution in [0.15, 0.2) is 18.2 Å². The molecule has 6 heteroatoms. The van der Waals surface area contributed by atoms with E-state index in [2.05, 4.69) is 11.4 Å². The monoisotopic (exact) mass is 360 g/mol. The molecule has 0 aliphatic carbocycles. The fourth-order valence-corrected chi connectivity index (χ4v) is 3.39. The van der Waals surface area contributed by atoms with Crippen molar-refractivity contribution >= 4 is 17.7 Å². The fraction of sp³-hybridized carbons (Fsp3) is 0.600. The number of esters is 1. The highest BCUT2D eigenvalue weighted by Gasteiger charge is 2.26. The minimum absolute atomic E-state index is 0.203. The zero-order valence-electron chi connectivity index (χ0n) is 15.8. The van der Waals surface area contributed by atoms with E-state index in [1.165, 1.54) is 5.56 Å². The third-order valence-corrected chi connectivity index (χ3v) is 4.80. The first kappa shape index (κ1) is 18.5. The number of likely N-dealkylation sites (tertiary alicyclic amines) is 1. The van der Waals surface area contributed by atoms with Crippen molar-refractivity contribution in [1.29, 1.82) is 0 Å². The van der Waals surface area contributed by atoms with Gasteiger partial charge in [-0.05, 0) is 70.1 Å². The summed E-state index contributed by atoms with van der Waals surface area (Å²) in [6.45, 7) is 7.44. The number of hydrogen-bond donors (Lipinski definition) is 1. The summed E-state index contributed by atoms with van der Waals surface area (Å²) in [6, 6.07) is 5.95. The number of nitrogens with zero attached hydrogens (tertiary/aromatic N) is 1. The Kier molecular flexibility index (Phi) is 5.39. The lowest BCUT2D eigenvalue weighted by molar-refractivity contribution is -0.132. The van der Waals surface area contributed by atoms with Crippen LogP contribution in [0.1, 0.15) is 45.6 Å². The van der Waals surface area contributed by atoms with Gasteiger partial charge in [0.25, 0.3) is 0 Å². The van der Waals surface area contributed by atoms with E-state index in [0.29, 0.717) is 11.7 Å². The topological polar surface area (TPSA) is 67.9 Å². The molecule has 1 amide bonds. The molecule has 6 nitrogen and oxygen atoms in total. The first-order chi connectivity index (χ1) is 12.3. The maximum Gasteiger partial charge on any atom is 0.410 e. The maximum absolute atomic E-state index is 12.1. The Morgan fingerprint density at radius 1 is 1.31 bits per heavy atom. The van der Waals surface area contributed by atoms with E-state index in [1.54, 1.807) is 0 Å². The quantitative estimate of drug-likeness (QED) is 0.659. The molecule has 0 aromatic heterocycles. The van der Waals surface area contributed by atoms with Gasteiger partial charge in [-0.15, -0.1) is 0 Å². The molecule has 1 saturated heterocycles. The molecular weight excluding hydrogens is 332 g/mol. The molecule has 142 valence electrons. The van der Waals surface area contributed by atoms with Crippen molar-refractivity contribution in [3.63, 3.8) is 0 Å². The zero-order valence-corrected chi connectivity index (χ0v) is 15.8. The summed E-state index contributed by atoms with van der Waals surface area (Å²) in [7, 11) is 0. The summed E-state index contributed by atoms with van der Waals surface area (Å²) >= 11 is 0. The molecule has 0 atom stereocenters. The lowest BCUT2D eigenvalue weighted by Crippen LogP contribution is -2.41. The van der Waals surface area contributed by atoms with Gasteiger partial charge in [-0.2, -0.15) is 0 Å². The van der Waals surface area contributed by atoms with E-state index >= 15 is 0 Å². The van der Waals surface area contributed by atoms with Crippen LogP contribution in [-0.4, -0.2) is 42.2 Å². The van der Waals surface area contributed by atoms with Gasteiger partial charge in [0.05, 0.1) is 5.69 Å². The number of aryl methyl sites for hydroxylation is 1. The smallest absolute Gasteiger partial charge is 0.410 e. The highest BCUT2D eigenvalue weighted by Crippen LogP contribution is 2.30. The van der Waals surface area contributed by atoms with Gasteiger partial charge in [-0.1, -0.05) is 6.07 Å². The summed E-state index contributed by atoms with van der Waals surface area (Å²) in [5.41, 5.74) is 1.69. The van der Waals surface area contributed by atoms with Crippen LogP contribution in [0, 0.1) is 5.92 Å². The van der Waals surface area contributed by atoms with Crippen LogP contribution in [0.2, 0.25) is 0 Å². The van der Waals surface area contributed by atoms with Gasteiger partial charge in [-0.3, -0.25) is 0 Å². The third-order valence-electron chi connectivity index (χ3n) is 4.80. The van der Waals surface area contributed by atoms with Crippen molar-refractivity contribution in [2.45, 2.75) is 52.1 Å². The number of piperidine rings is 1. The molecule has 0 unspecified atom stereocenters.